The Balaban J connectivity index is 2.19. The number of aromatic nitrogens is 1. The largest absolute Gasteiger partial charge is 0.382 e. The van der Waals surface area contributed by atoms with E-state index in [0.29, 0.717) is 17.0 Å². The molecule has 0 aliphatic rings. The molecule has 2 aromatic rings. The van der Waals surface area contributed by atoms with Crippen LogP contribution in [0.5, 0.6) is 0 Å². The highest BCUT2D eigenvalue weighted by atomic mass is 19.1. The minimum absolute atomic E-state index is 0.0386. The number of nitrogens with one attached hydrogen (secondary N) is 4. The molecule has 5 nitrogen and oxygen atoms in total. The topological polar surface area (TPSA) is 102 Å². The molecule has 1 atom stereocenters. The van der Waals surface area contributed by atoms with Crippen molar-refractivity contribution in [1.82, 2.24) is 4.98 Å². The van der Waals surface area contributed by atoms with Crippen molar-refractivity contribution in [3.8, 4) is 0 Å². The summed E-state index contributed by atoms with van der Waals surface area (Å²) in [6.07, 6.45) is 2.82. The molecule has 0 amide bonds. The van der Waals surface area contributed by atoms with E-state index in [4.69, 9.17) is 16.6 Å². The molecule has 22 heavy (non-hydrogen) atoms. The van der Waals surface area contributed by atoms with Gasteiger partial charge in [-0.05, 0) is 29.8 Å². The van der Waals surface area contributed by atoms with Crippen molar-refractivity contribution in [3.63, 3.8) is 0 Å². The van der Waals surface area contributed by atoms with Crippen LogP contribution in [0.15, 0.2) is 48.2 Å². The maximum absolute atomic E-state index is 13.6. The first-order valence-corrected chi connectivity index (χ1v) is 6.78. The van der Waals surface area contributed by atoms with Crippen LogP contribution in [0, 0.1) is 16.6 Å². The first-order valence-electron chi connectivity index (χ1n) is 6.78. The van der Waals surface area contributed by atoms with Crippen molar-refractivity contribution >= 4 is 17.7 Å². The summed E-state index contributed by atoms with van der Waals surface area (Å²) in [4.78, 5) is 3.04. The fourth-order valence-corrected chi connectivity index (χ4v) is 2.03. The molecule has 0 aliphatic heterocycles. The number of benzene rings is 1. The monoisotopic (exact) mass is 299 g/mol. The van der Waals surface area contributed by atoms with Gasteiger partial charge in [0, 0.05) is 24.0 Å². The zero-order chi connectivity index (χ0) is 16.1. The van der Waals surface area contributed by atoms with Crippen LogP contribution >= 0.6 is 0 Å². The number of para-hydroxylation sites is 1. The van der Waals surface area contributed by atoms with Crippen LogP contribution in [-0.4, -0.2) is 17.0 Å². The Morgan fingerprint density at radius 2 is 2.05 bits per heavy atom. The third-order valence-electron chi connectivity index (χ3n) is 3.40. The van der Waals surface area contributed by atoms with E-state index in [-0.39, 0.29) is 17.6 Å². The summed E-state index contributed by atoms with van der Waals surface area (Å²) >= 11 is 0. The van der Waals surface area contributed by atoms with Crippen LogP contribution in [0.25, 0.3) is 0 Å². The van der Waals surface area contributed by atoms with Gasteiger partial charge in [-0.2, -0.15) is 0 Å². The second-order valence-corrected chi connectivity index (χ2v) is 4.88. The molecule has 0 spiro atoms. The molecule has 1 aromatic heterocycles. The van der Waals surface area contributed by atoms with Crippen molar-refractivity contribution in [2.24, 2.45) is 5.73 Å². The van der Waals surface area contributed by atoms with Crippen LogP contribution in [0.2, 0.25) is 0 Å². The summed E-state index contributed by atoms with van der Waals surface area (Å²) in [6, 6.07) is 9.89. The number of allylic oxidation sites excluding steroid dienone is 1. The van der Waals surface area contributed by atoms with Crippen molar-refractivity contribution in [3.05, 3.63) is 65.4 Å². The van der Waals surface area contributed by atoms with Gasteiger partial charge in [0.2, 0.25) is 0 Å². The molecule has 0 bridgehead atoms. The second kappa shape index (κ2) is 6.71. The van der Waals surface area contributed by atoms with Gasteiger partial charge in [0.25, 0.3) is 0 Å². The molecule has 1 heterocycles. The summed E-state index contributed by atoms with van der Waals surface area (Å²) in [7, 11) is 0. The minimum Gasteiger partial charge on any atom is -0.382 e. The quantitative estimate of drug-likeness (QED) is 0.418. The van der Waals surface area contributed by atoms with E-state index in [1.165, 1.54) is 12.3 Å². The van der Waals surface area contributed by atoms with Crippen molar-refractivity contribution in [1.29, 1.82) is 10.8 Å². The SMILES string of the molecule is CC(/C(C=N)=C/Nc1ccccc1F)c1ccc(C(=N)N)[nH]1. The highest BCUT2D eigenvalue weighted by Crippen LogP contribution is 2.22. The zero-order valence-corrected chi connectivity index (χ0v) is 12.2. The number of hydrogen-bond donors (Lipinski definition) is 5. The number of nitrogens with two attached hydrogens (primary N) is 1. The van der Waals surface area contributed by atoms with E-state index in [2.05, 4.69) is 10.3 Å². The molecular weight excluding hydrogens is 281 g/mol. The lowest BCUT2D eigenvalue weighted by atomic mass is 9.99. The highest BCUT2D eigenvalue weighted by molar-refractivity contribution is 5.93. The van der Waals surface area contributed by atoms with Gasteiger partial charge in [0.05, 0.1) is 11.4 Å². The third-order valence-corrected chi connectivity index (χ3v) is 3.40. The number of halogens is 1. The molecule has 1 unspecified atom stereocenters. The Kier molecular flexibility index (Phi) is 4.73. The summed E-state index contributed by atoms with van der Waals surface area (Å²) in [5.41, 5.74) is 7.81. The zero-order valence-electron chi connectivity index (χ0n) is 12.2. The van der Waals surface area contributed by atoms with Gasteiger partial charge in [-0.1, -0.05) is 19.1 Å². The Hall–Kier alpha value is -2.89. The summed E-state index contributed by atoms with van der Waals surface area (Å²) < 4.78 is 13.6. The Morgan fingerprint density at radius 1 is 1.32 bits per heavy atom. The fraction of sp³-hybridized carbons (Fsp3) is 0.125. The van der Waals surface area contributed by atoms with Gasteiger partial charge in [-0.15, -0.1) is 0 Å². The average Bonchev–Trinajstić information content (AvgIpc) is 2.99. The maximum atomic E-state index is 13.6. The number of H-pyrrole nitrogens is 1. The average molecular weight is 299 g/mol. The second-order valence-electron chi connectivity index (χ2n) is 4.88. The first-order chi connectivity index (χ1) is 10.5. The predicted molar refractivity (Wildman–Crippen MR) is 87.1 cm³/mol. The molecule has 2 rings (SSSR count). The molecular formula is C16H18FN5. The molecule has 6 heteroatoms. The number of nitrogen functional groups attached to an aromatic ring is 1. The smallest absolute Gasteiger partial charge is 0.146 e. The van der Waals surface area contributed by atoms with E-state index in [1.807, 2.05) is 13.0 Å². The van der Waals surface area contributed by atoms with Crippen molar-refractivity contribution < 1.29 is 4.39 Å². The van der Waals surface area contributed by atoms with Gasteiger partial charge in [0.1, 0.15) is 11.7 Å². The Labute approximate surface area is 128 Å². The normalized spacial score (nSPS) is 12.7. The van der Waals surface area contributed by atoms with E-state index >= 15 is 0 Å². The number of aromatic amines is 1. The van der Waals surface area contributed by atoms with E-state index in [1.54, 1.807) is 30.5 Å². The molecule has 0 fully saturated rings. The predicted octanol–water partition coefficient (Wildman–Crippen LogP) is 3.19. The standard InChI is InChI=1S/C16H18FN5/c1-10(13-6-7-15(22-13)16(19)20)11(8-18)9-21-14-5-3-2-4-12(14)17/h2-10,18,21-22H,1H3,(H3,19,20)/b11-9+,18-8?. The molecule has 114 valence electrons. The number of amidine groups is 1. The third kappa shape index (κ3) is 3.41. The van der Waals surface area contributed by atoms with Crippen molar-refractivity contribution in [2.75, 3.05) is 5.32 Å². The van der Waals surface area contributed by atoms with E-state index < -0.39 is 0 Å². The highest BCUT2D eigenvalue weighted by Gasteiger charge is 2.13. The fourth-order valence-electron chi connectivity index (χ4n) is 2.03. The molecule has 1 aromatic carbocycles. The Bertz CT molecular complexity index is 717. The molecule has 0 radical (unpaired) electrons. The first kappa shape index (κ1) is 15.5. The number of hydrogen-bond acceptors (Lipinski definition) is 3. The summed E-state index contributed by atoms with van der Waals surface area (Å²) in [5.74, 6) is -0.511. The van der Waals surface area contributed by atoms with Crippen LogP contribution in [0.1, 0.15) is 24.2 Å². The van der Waals surface area contributed by atoms with Crippen LogP contribution in [-0.2, 0) is 0 Å². The number of rotatable bonds is 6. The van der Waals surface area contributed by atoms with Crippen LogP contribution in [0.4, 0.5) is 10.1 Å². The molecule has 0 aliphatic carbocycles. The number of anilines is 1. The molecule has 6 N–H and O–H groups in total. The minimum atomic E-state index is -0.352. The molecule has 0 saturated carbocycles. The van der Waals surface area contributed by atoms with Gasteiger partial charge in [-0.3, -0.25) is 5.41 Å². The van der Waals surface area contributed by atoms with Gasteiger partial charge in [-0.25, -0.2) is 4.39 Å². The van der Waals surface area contributed by atoms with Crippen LogP contribution < -0.4 is 11.1 Å². The lowest BCUT2D eigenvalue weighted by Gasteiger charge is -2.12. The lowest BCUT2D eigenvalue weighted by molar-refractivity contribution is 0.632. The van der Waals surface area contributed by atoms with E-state index in [9.17, 15) is 4.39 Å². The van der Waals surface area contributed by atoms with E-state index in [0.717, 1.165) is 5.69 Å². The Morgan fingerprint density at radius 3 is 2.64 bits per heavy atom. The van der Waals surface area contributed by atoms with Gasteiger partial charge in [0.15, 0.2) is 0 Å². The summed E-state index contributed by atoms with van der Waals surface area (Å²) in [5, 5.41) is 17.8. The van der Waals surface area contributed by atoms with Gasteiger partial charge < -0.3 is 21.4 Å². The van der Waals surface area contributed by atoms with Crippen molar-refractivity contribution in [2.45, 2.75) is 12.8 Å². The molecule has 0 saturated heterocycles. The van der Waals surface area contributed by atoms with Gasteiger partial charge >= 0.3 is 0 Å². The lowest BCUT2D eigenvalue weighted by Crippen LogP contribution is -2.12. The maximum Gasteiger partial charge on any atom is 0.146 e. The van der Waals surface area contributed by atoms with Crippen LogP contribution in [0.3, 0.4) is 0 Å². The summed E-state index contributed by atoms with van der Waals surface area (Å²) in [6.45, 7) is 1.91.